The van der Waals surface area contributed by atoms with Crippen LogP contribution in [-0.4, -0.2) is 25.6 Å². The summed E-state index contributed by atoms with van der Waals surface area (Å²) in [5.41, 5.74) is 2.70. The molecule has 0 saturated carbocycles. The normalized spacial score (nSPS) is 12.2. The van der Waals surface area contributed by atoms with E-state index in [-0.39, 0.29) is 11.6 Å². The summed E-state index contributed by atoms with van der Waals surface area (Å²) in [5.74, 6) is 0.0732. The Hall–Kier alpha value is -3.48. The molecule has 3 aromatic heterocycles. The molecule has 0 saturated heterocycles. The minimum Gasteiger partial charge on any atom is -0.448 e. The number of rotatable bonds is 4. The average molecular weight is 348 g/mol. The molecule has 0 amide bonds. The Morgan fingerprint density at radius 3 is 2.69 bits per heavy atom. The van der Waals surface area contributed by atoms with Crippen molar-refractivity contribution in [2.24, 2.45) is 0 Å². The van der Waals surface area contributed by atoms with Crippen LogP contribution in [0.25, 0.3) is 17.1 Å². The quantitative estimate of drug-likeness (QED) is 0.524. The molecule has 0 bridgehead atoms. The number of aromatic nitrogens is 4. The van der Waals surface area contributed by atoms with Crippen LogP contribution in [0.4, 0.5) is 0 Å². The van der Waals surface area contributed by atoms with Crippen molar-refractivity contribution >= 4 is 11.6 Å². The van der Waals surface area contributed by atoms with Crippen molar-refractivity contribution in [1.82, 2.24) is 19.6 Å². The van der Waals surface area contributed by atoms with Gasteiger partial charge in [-0.25, -0.2) is 9.78 Å². The first-order valence-electron chi connectivity index (χ1n) is 8.16. The molecule has 3 heterocycles. The molecule has 7 nitrogen and oxygen atoms in total. The van der Waals surface area contributed by atoms with Crippen molar-refractivity contribution in [3.8, 4) is 11.5 Å². The van der Waals surface area contributed by atoms with E-state index < -0.39 is 12.1 Å². The highest BCUT2D eigenvalue weighted by Crippen LogP contribution is 2.23. The Morgan fingerprint density at radius 1 is 1.12 bits per heavy atom. The van der Waals surface area contributed by atoms with E-state index in [1.807, 2.05) is 59.9 Å². The number of aryl methyl sites for hydroxylation is 1. The number of hydrogen-bond acceptors (Lipinski definition) is 6. The molecular formula is C19H16N4O3. The van der Waals surface area contributed by atoms with Crippen molar-refractivity contribution < 1.29 is 13.9 Å². The van der Waals surface area contributed by atoms with Crippen LogP contribution in [0.2, 0.25) is 0 Å². The number of hydrogen-bond donors (Lipinski definition) is 0. The highest BCUT2D eigenvalue weighted by atomic mass is 16.6. The van der Waals surface area contributed by atoms with Crippen LogP contribution in [-0.2, 0) is 4.74 Å². The first-order valence-corrected chi connectivity index (χ1v) is 8.16. The number of carbonyl (C=O) groups is 1. The van der Waals surface area contributed by atoms with Gasteiger partial charge in [-0.15, -0.1) is 10.2 Å². The van der Waals surface area contributed by atoms with Crippen LogP contribution < -0.4 is 0 Å². The predicted molar refractivity (Wildman–Crippen MR) is 93.5 cm³/mol. The highest BCUT2D eigenvalue weighted by molar-refractivity contribution is 5.88. The molecule has 4 aromatic rings. The number of benzene rings is 1. The van der Waals surface area contributed by atoms with Crippen molar-refractivity contribution in [3.05, 3.63) is 72.0 Å². The lowest BCUT2D eigenvalue weighted by atomic mass is 10.2. The van der Waals surface area contributed by atoms with Crippen molar-refractivity contribution in [2.45, 2.75) is 20.0 Å². The van der Waals surface area contributed by atoms with Crippen molar-refractivity contribution in [1.29, 1.82) is 0 Å². The third-order valence-corrected chi connectivity index (χ3v) is 4.00. The van der Waals surface area contributed by atoms with Gasteiger partial charge in [0.1, 0.15) is 5.65 Å². The zero-order valence-corrected chi connectivity index (χ0v) is 14.3. The molecule has 0 fully saturated rings. The molecule has 0 aliphatic heterocycles. The lowest BCUT2D eigenvalue weighted by Gasteiger charge is -2.07. The summed E-state index contributed by atoms with van der Waals surface area (Å²) in [6, 6.07) is 15.1. The third-order valence-electron chi connectivity index (χ3n) is 4.00. The molecule has 0 unspecified atom stereocenters. The molecule has 130 valence electrons. The van der Waals surface area contributed by atoms with Gasteiger partial charge < -0.3 is 13.6 Å². The molecule has 1 atom stereocenters. The Kier molecular flexibility index (Phi) is 3.96. The smallest absolute Gasteiger partial charge is 0.359 e. The summed E-state index contributed by atoms with van der Waals surface area (Å²) < 4.78 is 12.9. The number of pyridine rings is 1. The zero-order valence-electron chi connectivity index (χ0n) is 14.3. The first kappa shape index (κ1) is 16.0. The van der Waals surface area contributed by atoms with Gasteiger partial charge in [-0.3, -0.25) is 0 Å². The lowest BCUT2D eigenvalue weighted by Crippen LogP contribution is -2.10. The van der Waals surface area contributed by atoms with E-state index in [1.165, 1.54) is 0 Å². The third kappa shape index (κ3) is 2.95. The molecule has 7 heteroatoms. The maximum atomic E-state index is 12.4. The van der Waals surface area contributed by atoms with Gasteiger partial charge in [-0.1, -0.05) is 24.3 Å². The number of imidazole rings is 1. The van der Waals surface area contributed by atoms with Crippen molar-refractivity contribution in [2.75, 3.05) is 0 Å². The summed E-state index contributed by atoms with van der Waals surface area (Å²) >= 11 is 0. The van der Waals surface area contributed by atoms with Crippen LogP contribution in [0.15, 0.2) is 59.1 Å². The molecule has 26 heavy (non-hydrogen) atoms. The van der Waals surface area contributed by atoms with Crippen molar-refractivity contribution in [3.63, 3.8) is 0 Å². The fraction of sp³-hybridized carbons (Fsp3) is 0.158. The summed E-state index contributed by atoms with van der Waals surface area (Å²) in [4.78, 5) is 16.7. The fourth-order valence-electron chi connectivity index (χ4n) is 2.61. The van der Waals surface area contributed by atoms with E-state index in [2.05, 4.69) is 15.2 Å². The minimum absolute atomic E-state index is 0.231. The molecular weight excluding hydrogens is 332 g/mol. The summed E-state index contributed by atoms with van der Waals surface area (Å²) in [6.45, 7) is 3.62. The maximum Gasteiger partial charge on any atom is 0.359 e. The molecule has 4 rings (SSSR count). The topological polar surface area (TPSA) is 82.5 Å². The molecule has 0 spiro atoms. The van der Waals surface area contributed by atoms with Gasteiger partial charge in [0.2, 0.25) is 5.89 Å². The Labute approximate surface area is 149 Å². The zero-order chi connectivity index (χ0) is 18.1. The van der Waals surface area contributed by atoms with Crippen LogP contribution in [0, 0.1) is 6.92 Å². The molecule has 0 aliphatic carbocycles. The molecule has 0 aliphatic rings. The number of nitrogens with zero attached hydrogens (tertiary/aromatic N) is 4. The Bertz CT molecular complexity index is 1070. The largest absolute Gasteiger partial charge is 0.448 e. The first-order chi connectivity index (χ1) is 12.6. The van der Waals surface area contributed by atoms with E-state index >= 15 is 0 Å². The van der Waals surface area contributed by atoms with Gasteiger partial charge in [0.05, 0.1) is 0 Å². The lowest BCUT2D eigenvalue weighted by molar-refractivity contribution is 0.0273. The SMILES string of the molecule is Cc1cccc2nc(C(=O)O[C@H](C)c3nnc(-c4ccccc4)o3)cn12. The minimum atomic E-state index is -0.682. The summed E-state index contributed by atoms with van der Waals surface area (Å²) in [7, 11) is 0. The maximum absolute atomic E-state index is 12.4. The predicted octanol–water partition coefficient (Wildman–Crippen LogP) is 3.61. The number of fused-ring (bicyclic) bond motifs is 1. The summed E-state index contributed by atoms with van der Waals surface area (Å²) in [6.07, 6.45) is 0.974. The van der Waals surface area contributed by atoms with Gasteiger partial charge in [0, 0.05) is 17.5 Å². The molecule has 0 N–H and O–H groups in total. The van der Waals surface area contributed by atoms with Crippen LogP contribution in [0.3, 0.4) is 0 Å². The van der Waals surface area contributed by atoms with E-state index in [1.54, 1.807) is 13.1 Å². The monoisotopic (exact) mass is 348 g/mol. The van der Waals surface area contributed by atoms with Gasteiger partial charge in [-0.2, -0.15) is 0 Å². The Morgan fingerprint density at radius 2 is 1.92 bits per heavy atom. The highest BCUT2D eigenvalue weighted by Gasteiger charge is 2.21. The van der Waals surface area contributed by atoms with E-state index in [0.29, 0.717) is 11.5 Å². The molecule has 1 aromatic carbocycles. The second kappa shape index (κ2) is 6.44. The van der Waals surface area contributed by atoms with Gasteiger partial charge in [0.25, 0.3) is 5.89 Å². The van der Waals surface area contributed by atoms with Gasteiger partial charge >= 0.3 is 5.97 Å². The van der Waals surface area contributed by atoms with Gasteiger partial charge in [0.15, 0.2) is 11.8 Å². The number of carbonyl (C=O) groups excluding carboxylic acids is 1. The van der Waals surface area contributed by atoms with E-state index in [0.717, 1.165) is 11.3 Å². The van der Waals surface area contributed by atoms with E-state index in [9.17, 15) is 4.79 Å². The van der Waals surface area contributed by atoms with E-state index in [4.69, 9.17) is 9.15 Å². The summed E-state index contributed by atoms with van der Waals surface area (Å²) in [5, 5.41) is 7.98. The molecule has 0 radical (unpaired) electrons. The number of ether oxygens (including phenoxy) is 1. The average Bonchev–Trinajstić information content (AvgIpc) is 3.30. The van der Waals surface area contributed by atoms with Crippen LogP contribution >= 0.6 is 0 Å². The second-order valence-electron chi connectivity index (χ2n) is 5.88. The number of esters is 1. The second-order valence-corrected chi connectivity index (χ2v) is 5.88. The Balaban J connectivity index is 1.52. The van der Waals surface area contributed by atoms with Gasteiger partial charge in [-0.05, 0) is 38.1 Å². The standard InChI is InChI=1S/C19H16N4O3/c1-12-7-6-10-16-20-15(11-23(12)16)19(24)25-13(2)17-21-22-18(26-17)14-8-4-3-5-9-14/h3-11,13H,1-2H3/t13-/m1/s1. The van der Waals surface area contributed by atoms with Crippen LogP contribution in [0.5, 0.6) is 0 Å². The fourth-order valence-corrected chi connectivity index (χ4v) is 2.61. The van der Waals surface area contributed by atoms with Crippen LogP contribution in [0.1, 0.15) is 35.1 Å².